The Morgan fingerprint density at radius 1 is 0.455 bits per heavy atom. The van der Waals surface area contributed by atoms with Crippen LogP contribution in [0.25, 0.3) is 10.8 Å². The number of phenols is 2. The van der Waals surface area contributed by atoms with E-state index in [1.165, 1.54) is 12.1 Å². The average Bonchev–Trinajstić information content (AvgIpc) is 3.04. The molecule has 0 spiro atoms. The summed E-state index contributed by atoms with van der Waals surface area (Å²) in [4.78, 5) is 0. The lowest BCUT2D eigenvalue weighted by atomic mass is 9.97. The van der Waals surface area contributed by atoms with E-state index < -0.39 is 0 Å². The molecule has 6 aromatic carbocycles. The molecule has 44 heavy (non-hydrogen) atoms. The molecule has 0 atom stereocenters. The molecule has 0 aliphatic heterocycles. The summed E-state index contributed by atoms with van der Waals surface area (Å²) in [5, 5.41) is 21.8. The standard InChI is InChI=1S/C38H26N2O4/c39-31-19-17-29(23-33(31)41)43-35-22-16-28(14-12-26-9-5-2-6-10-26)38-36(44-30-18-20-32(40)34(42)24-30)21-15-27(37(35)38)13-11-25-7-3-1-4-8-25/h1-10,15-24,41-42H,39-40H2. The molecule has 6 heteroatoms. The van der Waals surface area contributed by atoms with Gasteiger partial charge in [-0.2, -0.15) is 0 Å². The van der Waals surface area contributed by atoms with Crippen LogP contribution < -0.4 is 20.9 Å². The normalized spacial score (nSPS) is 10.3. The Hall–Kier alpha value is -6.50. The zero-order valence-electron chi connectivity index (χ0n) is 23.4. The van der Waals surface area contributed by atoms with Gasteiger partial charge in [-0.3, -0.25) is 0 Å². The quantitative estimate of drug-likeness (QED) is 0.0971. The summed E-state index contributed by atoms with van der Waals surface area (Å²) < 4.78 is 12.7. The predicted octanol–water partition coefficient (Wildman–Crippen LogP) is 7.80. The fourth-order valence-corrected chi connectivity index (χ4v) is 4.56. The molecule has 6 N–H and O–H groups in total. The number of anilines is 2. The van der Waals surface area contributed by atoms with Gasteiger partial charge in [-0.25, -0.2) is 0 Å². The van der Waals surface area contributed by atoms with E-state index in [-0.39, 0.29) is 22.9 Å². The SMILES string of the molecule is Nc1ccc(Oc2ccc(C#Cc3ccccc3)c3c(Oc4ccc(N)c(O)c4)ccc(C#Cc4ccccc4)c23)cc1O. The van der Waals surface area contributed by atoms with E-state index in [2.05, 4.69) is 23.7 Å². The summed E-state index contributed by atoms with van der Waals surface area (Å²) in [5.41, 5.74) is 15.2. The van der Waals surface area contributed by atoms with Crippen LogP contribution in [0.1, 0.15) is 22.3 Å². The number of fused-ring (bicyclic) bond motifs is 1. The van der Waals surface area contributed by atoms with Crippen molar-refractivity contribution in [2.75, 3.05) is 11.5 Å². The van der Waals surface area contributed by atoms with Crippen molar-refractivity contribution in [3.63, 3.8) is 0 Å². The van der Waals surface area contributed by atoms with E-state index in [9.17, 15) is 10.2 Å². The highest BCUT2D eigenvalue weighted by Gasteiger charge is 2.17. The van der Waals surface area contributed by atoms with Crippen molar-refractivity contribution in [1.29, 1.82) is 0 Å². The third-order valence-electron chi connectivity index (χ3n) is 6.77. The van der Waals surface area contributed by atoms with Gasteiger partial charge in [0, 0.05) is 45.2 Å². The van der Waals surface area contributed by atoms with Gasteiger partial charge in [0.15, 0.2) is 0 Å². The van der Waals surface area contributed by atoms with Crippen molar-refractivity contribution in [3.8, 4) is 58.2 Å². The second-order valence-electron chi connectivity index (χ2n) is 9.85. The number of rotatable bonds is 4. The Labute approximate surface area is 254 Å². The summed E-state index contributed by atoms with van der Waals surface area (Å²) in [6, 6.07) is 36.1. The van der Waals surface area contributed by atoms with E-state index >= 15 is 0 Å². The third-order valence-corrected chi connectivity index (χ3v) is 6.77. The van der Waals surface area contributed by atoms with Crippen LogP contribution >= 0.6 is 0 Å². The van der Waals surface area contributed by atoms with Gasteiger partial charge in [0.2, 0.25) is 0 Å². The fraction of sp³-hybridized carbons (Fsp3) is 0. The number of nitrogens with two attached hydrogens (primary N) is 2. The molecule has 0 fully saturated rings. The van der Waals surface area contributed by atoms with Crippen LogP contribution in [0.3, 0.4) is 0 Å². The van der Waals surface area contributed by atoms with Crippen LogP contribution in [0.4, 0.5) is 11.4 Å². The maximum atomic E-state index is 10.2. The maximum Gasteiger partial charge on any atom is 0.142 e. The molecule has 0 aliphatic carbocycles. The summed E-state index contributed by atoms with van der Waals surface area (Å²) in [7, 11) is 0. The third kappa shape index (κ3) is 6.06. The molecule has 0 saturated carbocycles. The zero-order valence-corrected chi connectivity index (χ0v) is 23.4. The van der Waals surface area contributed by atoms with Gasteiger partial charge in [0.25, 0.3) is 0 Å². The lowest BCUT2D eigenvalue weighted by Crippen LogP contribution is -1.95. The van der Waals surface area contributed by atoms with Crippen LogP contribution in [-0.2, 0) is 0 Å². The monoisotopic (exact) mass is 574 g/mol. The lowest BCUT2D eigenvalue weighted by molar-refractivity contribution is 0.456. The highest BCUT2D eigenvalue weighted by atomic mass is 16.5. The molecule has 0 bridgehead atoms. The smallest absolute Gasteiger partial charge is 0.142 e. The first-order valence-corrected chi connectivity index (χ1v) is 13.7. The van der Waals surface area contributed by atoms with Crippen LogP contribution in [0.2, 0.25) is 0 Å². The van der Waals surface area contributed by atoms with Crippen molar-refractivity contribution in [3.05, 3.63) is 144 Å². The molecule has 0 heterocycles. The maximum absolute atomic E-state index is 10.2. The van der Waals surface area contributed by atoms with Gasteiger partial charge in [0.1, 0.15) is 34.5 Å². The van der Waals surface area contributed by atoms with Gasteiger partial charge in [-0.15, -0.1) is 0 Å². The minimum absolute atomic E-state index is 0.0894. The number of nitrogen functional groups attached to an aromatic ring is 2. The fourth-order valence-electron chi connectivity index (χ4n) is 4.56. The molecule has 6 rings (SSSR count). The second kappa shape index (κ2) is 12.2. The predicted molar refractivity (Wildman–Crippen MR) is 174 cm³/mol. The molecule has 0 amide bonds. The molecule has 0 saturated heterocycles. The van der Waals surface area contributed by atoms with Gasteiger partial charge in [0.05, 0.1) is 11.4 Å². The van der Waals surface area contributed by atoms with Crippen LogP contribution in [0, 0.1) is 23.7 Å². The molecule has 0 unspecified atom stereocenters. The number of benzene rings is 6. The largest absolute Gasteiger partial charge is 0.506 e. The minimum Gasteiger partial charge on any atom is -0.506 e. The molecular weight excluding hydrogens is 548 g/mol. The van der Waals surface area contributed by atoms with Crippen LogP contribution in [0.15, 0.2) is 121 Å². The van der Waals surface area contributed by atoms with Gasteiger partial charge in [-0.05, 0) is 72.8 Å². The number of ether oxygens (including phenoxy) is 2. The van der Waals surface area contributed by atoms with Crippen molar-refractivity contribution in [2.45, 2.75) is 0 Å². The topological polar surface area (TPSA) is 111 Å². The number of phenolic OH excluding ortho intramolecular Hbond substituents is 2. The van der Waals surface area contributed by atoms with E-state index in [1.807, 2.05) is 84.9 Å². The van der Waals surface area contributed by atoms with Gasteiger partial charge in [-0.1, -0.05) is 60.1 Å². The minimum atomic E-state index is -0.0894. The molecule has 0 aliphatic rings. The first-order valence-electron chi connectivity index (χ1n) is 13.7. The van der Waals surface area contributed by atoms with Crippen LogP contribution in [-0.4, -0.2) is 10.2 Å². The average molecular weight is 575 g/mol. The molecule has 212 valence electrons. The van der Waals surface area contributed by atoms with E-state index in [0.717, 1.165) is 11.1 Å². The second-order valence-corrected chi connectivity index (χ2v) is 9.85. The number of hydrogen-bond acceptors (Lipinski definition) is 6. The highest BCUT2D eigenvalue weighted by molar-refractivity contribution is 6.02. The number of hydrogen-bond donors (Lipinski definition) is 4. The van der Waals surface area contributed by atoms with Crippen LogP contribution in [0.5, 0.6) is 34.5 Å². The Kier molecular flexibility index (Phi) is 7.65. The zero-order chi connectivity index (χ0) is 30.5. The van der Waals surface area contributed by atoms with Crippen molar-refractivity contribution in [2.24, 2.45) is 0 Å². The summed E-state index contributed by atoms with van der Waals surface area (Å²) in [6.07, 6.45) is 0. The summed E-state index contributed by atoms with van der Waals surface area (Å²) >= 11 is 0. The van der Waals surface area contributed by atoms with Gasteiger partial charge >= 0.3 is 0 Å². The molecular formula is C38H26N2O4. The van der Waals surface area contributed by atoms with Crippen molar-refractivity contribution >= 4 is 22.1 Å². The first kappa shape index (κ1) is 27.7. The lowest BCUT2D eigenvalue weighted by Gasteiger charge is -2.16. The molecule has 6 nitrogen and oxygen atoms in total. The van der Waals surface area contributed by atoms with E-state index in [1.54, 1.807) is 24.3 Å². The van der Waals surface area contributed by atoms with E-state index in [4.69, 9.17) is 20.9 Å². The highest BCUT2D eigenvalue weighted by Crippen LogP contribution is 2.42. The Balaban J connectivity index is 1.60. The van der Waals surface area contributed by atoms with Crippen molar-refractivity contribution < 1.29 is 19.7 Å². The molecule has 0 aromatic heterocycles. The molecule has 6 aromatic rings. The number of aromatic hydroxyl groups is 2. The van der Waals surface area contributed by atoms with E-state index in [0.29, 0.717) is 44.9 Å². The Morgan fingerprint density at radius 2 is 0.864 bits per heavy atom. The Morgan fingerprint density at radius 3 is 1.25 bits per heavy atom. The first-order chi connectivity index (χ1) is 21.4. The summed E-state index contributed by atoms with van der Waals surface area (Å²) in [6.45, 7) is 0. The molecule has 0 radical (unpaired) electrons. The Bertz CT molecular complexity index is 1970. The summed E-state index contributed by atoms with van der Waals surface area (Å²) in [5.74, 6) is 14.6. The van der Waals surface area contributed by atoms with Crippen molar-refractivity contribution in [1.82, 2.24) is 0 Å². The van der Waals surface area contributed by atoms with Gasteiger partial charge < -0.3 is 31.2 Å².